The van der Waals surface area contributed by atoms with E-state index < -0.39 is 15.9 Å². The first-order valence-electron chi connectivity index (χ1n) is 9.59. The zero-order valence-electron chi connectivity index (χ0n) is 16.4. The van der Waals surface area contributed by atoms with Crippen molar-refractivity contribution in [3.63, 3.8) is 0 Å². The molecule has 1 aromatic carbocycles. The summed E-state index contributed by atoms with van der Waals surface area (Å²) in [5.41, 5.74) is 0.962. The van der Waals surface area contributed by atoms with Crippen LogP contribution in [-0.2, 0) is 10.0 Å². The lowest BCUT2D eigenvalue weighted by atomic mass is 10.0. The molecule has 1 aliphatic heterocycles. The number of piperidine rings is 1. The Kier molecular flexibility index (Phi) is 5.60. The van der Waals surface area contributed by atoms with Crippen molar-refractivity contribution in [1.82, 2.24) is 19.5 Å². The Hall–Kier alpha value is -3.11. The number of amides is 1. The molecule has 10 heteroatoms. The highest BCUT2D eigenvalue weighted by Gasteiger charge is 2.28. The van der Waals surface area contributed by atoms with Gasteiger partial charge in [-0.05, 0) is 55.2 Å². The predicted molar refractivity (Wildman–Crippen MR) is 109 cm³/mol. The van der Waals surface area contributed by atoms with E-state index in [4.69, 9.17) is 4.42 Å². The van der Waals surface area contributed by atoms with Gasteiger partial charge < -0.3 is 4.42 Å². The smallest absolute Gasteiger partial charge is 0.322 e. The lowest BCUT2D eigenvalue weighted by Crippen LogP contribution is -2.39. The van der Waals surface area contributed by atoms with Crippen LogP contribution in [-0.4, -0.2) is 46.9 Å². The van der Waals surface area contributed by atoms with Crippen LogP contribution in [0.25, 0.3) is 11.5 Å². The van der Waals surface area contributed by atoms with Gasteiger partial charge in [-0.2, -0.15) is 4.31 Å². The molecule has 3 heterocycles. The maximum Gasteiger partial charge on any atom is 0.322 e. The number of carbonyl (C=O) groups excluding carboxylic acids is 1. The number of pyridine rings is 1. The van der Waals surface area contributed by atoms with Gasteiger partial charge in [0.05, 0.1) is 4.90 Å². The summed E-state index contributed by atoms with van der Waals surface area (Å²) >= 11 is 0. The van der Waals surface area contributed by atoms with E-state index in [0.717, 1.165) is 12.8 Å². The fraction of sp³-hybridized carbons (Fsp3) is 0.300. The average molecular weight is 427 g/mol. The minimum atomic E-state index is -3.57. The van der Waals surface area contributed by atoms with Gasteiger partial charge in [-0.25, -0.2) is 8.42 Å². The molecule has 0 spiro atoms. The van der Waals surface area contributed by atoms with Gasteiger partial charge in [-0.15, -0.1) is 5.10 Å². The van der Waals surface area contributed by atoms with Crippen molar-refractivity contribution in [1.29, 1.82) is 0 Å². The van der Waals surface area contributed by atoms with Crippen LogP contribution in [0.3, 0.4) is 0 Å². The van der Waals surface area contributed by atoms with E-state index in [1.807, 2.05) is 6.92 Å². The maximum absolute atomic E-state index is 12.8. The van der Waals surface area contributed by atoms with E-state index in [1.165, 1.54) is 28.6 Å². The fourth-order valence-corrected chi connectivity index (χ4v) is 4.94. The van der Waals surface area contributed by atoms with E-state index in [-0.39, 0.29) is 22.4 Å². The highest BCUT2D eigenvalue weighted by atomic mass is 32.2. The van der Waals surface area contributed by atoms with Crippen LogP contribution in [0.5, 0.6) is 0 Å². The normalized spacial score (nSPS) is 17.6. The maximum atomic E-state index is 12.8. The van der Waals surface area contributed by atoms with Crippen molar-refractivity contribution >= 4 is 21.9 Å². The van der Waals surface area contributed by atoms with Gasteiger partial charge in [0, 0.05) is 36.6 Å². The van der Waals surface area contributed by atoms with Crippen molar-refractivity contribution in [2.45, 2.75) is 24.7 Å². The van der Waals surface area contributed by atoms with Gasteiger partial charge in [0.15, 0.2) is 0 Å². The summed E-state index contributed by atoms with van der Waals surface area (Å²) in [5, 5.41) is 10.2. The largest absolute Gasteiger partial charge is 0.403 e. The molecule has 4 rings (SSSR count). The Morgan fingerprint density at radius 2 is 1.87 bits per heavy atom. The van der Waals surface area contributed by atoms with E-state index in [1.54, 1.807) is 24.5 Å². The zero-order valence-corrected chi connectivity index (χ0v) is 17.2. The van der Waals surface area contributed by atoms with E-state index in [9.17, 15) is 13.2 Å². The molecule has 1 N–H and O–H groups in total. The third-order valence-corrected chi connectivity index (χ3v) is 6.83. The highest BCUT2D eigenvalue weighted by molar-refractivity contribution is 7.89. The van der Waals surface area contributed by atoms with Crippen LogP contribution >= 0.6 is 0 Å². The summed E-state index contributed by atoms with van der Waals surface area (Å²) in [6, 6.07) is 9.19. The molecule has 1 saturated heterocycles. The molecule has 9 nitrogen and oxygen atoms in total. The summed E-state index contributed by atoms with van der Waals surface area (Å²) in [6.45, 7) is 3.08. The van der Waals surface area contributed by atoms with Crippen molar-refractivity contribution in [3.8, 4) is 11.5 Å². The number of nitrogens with one attached hydrogen (secondary N) is 1. The summed E-state index contributed by atoms with van der Waals surface area (Å²) < 4.78 is 32.6. The first kappa shape index (κ1) is 20.2. The fourth-order valence-electron chi connectivity index (χ4n) is 3.35. The van der Waals surface area contributed by atoms with Crippen molar-refractivity contribution in [3.05, 3.63) is 54.4 Å². The quantitative estimate of drug-likeness (QED) is 0.665. The number of hydrogen-bond acceptors (Lipinski definition) is 7. The molecule has 3 aromatic rings. The Bertz CT molecular complexity index is 1130. The lowest BCUT2D eigenvalue weighted by Gasteiger charge is -2.30. The van der Waals surface area contributed by atoms with Crippen molar-refractivity contribution in [2.75, 3.05) is 18.4 Å². The predicted octanol–water partition coefficient (Wildman–Crippen LogP) is 2.80. The molecule has 1 aliphatic rings. The lowest BCUT2D eigenvalue weighted by molar-refractivity contribution is 0.102. The minimum absolute atomic E-state index is 0.0502. The van der Waals surface area contributed by atoms with Crippen LogP contribution in [0.1, 0.15) is 30.1 Å². The molecule has 1 fully saturated rings. The molecule has 30 heavy (non-hydrogen) atoms. The molecule has 1 amide bonds. The van der Waals surface area contributed by atoms with Crippen LogP contribution in [0, 0.1) is 5.92 Å². The van der Waals surface area contributed by atoms with E-state index in [2.05, 4.69) is 20.5 Å². The molecule has 0 saturated carbocycles. The Labute approximate surface area is 174 Å². The van der Waals surface area contributed by atoms with Crippen LogP contribution in [0.4, 0.5) is 6.01 Å². The second-order valence-electron chi connectivity index (χ2n) is 7.24. The first-order chi connectivity index (χ1) is 14.4. The molecular formula is C20H21N5O4S. The number of anilines is 1. The number of hydrogen-bond donors (Lipinski definition) is 1. The number of sulfonamides is 1. The van der Waals surface area contributed by atoms with Gasteiger partial charge in [0.25, 0.3) is 5.91 Å². The molecule has 0 unspecified atom stereocenters. The van der Waals surface area contributed by atoms with Crippen LogP contribution < -0.4 is 5.32 Å². The number of aromatic nitrogens is 3. The number of rotatable bonds is 5. The van der Waals surface area contributed by atoms with E-state index in [0.29, 0.717) is 24.6 Å². The molecule has 0 radical (unpaired) electrons. The summed E-state index contributed by atoms with van der Waals surface area (Å²) in [6.07, 6.45) is 5.08. The van der Waals surface area contributed by atoms with Gasteiger partial charge in [0.2, 0.25) is 15.9 Å². The topological polar surface area (TPSA) is 118 Å². The highest BCUT2D eigenvalue weighted by Crippen LogP contribution is 2.24. The second-order valence-corrected chi connectivity index (χ2v) is 9.18. The number of benzene rings is 1. The number of nitrogens with zero attached hydrogens (tertiary/aromatic N) is 4. The Morgan fingerprint density at radius 1 is 1.13 bits per heavy atom. The summed E-state index contributed by atoms with van der Waals surface area (Å²) in [5.74, 6) is 0.116. The van der Waals surface area contributed by atoms with Gasteiger partial charge >= 0.3 is 6.01 Å². The molecule has 0 bridgehead atoms. The SMILES string of the molecule is C[C@H]1CCCN(S(=O)(=O)c2ccc(C(=O)Nc3nnc(-c4ccncc4)o3)cc2)C1. The Balaban J connectivity index is 1.45. The van der Waals surface area contributed by atoms with Crippen molar-refractivity contribution in [2.24, 2.45) is 5.92 Å². The minimum Gasteiger partial charge on any atom is -0.403 e. The molecule has 2 aromatic heterocycles. The monoisotopic (exact) mass is 427 g/mol. The van der Waals surface area contributed by atoms with Gasteiger partial charge in [-0.3, -0.25) is 15.1 Å². The molecule has 1 atom stereocenters. The summed E-state index contributed by atoms with van der Waals surface area (Å²) in [4.78, 5) is 16.5. The van der Waals surface area contributed by atoms with E-state index >= 15 is 0 Å². The third kappa shape index (κ3) is 4.24. The third-order valence-electron chi connectivity index (χ3n) is 4.95. The zero-order chi connectivity index (χ0) is 21.1. The van der Waals surface area contributed by atoms with Gasteiger partial charge in [0.1, 0.15) is 0 Å². The molecule has 156 valence electrons. The molecule has 0 aliphatic carbocycles. The average Bonchev–Trinajstić information content (AvgIpc) is 3.23. The first-order valence-corrected chi connectivity index (χ1v) is 11.0. The number of carbonyl (C=O) groups is 1. The van der Waals surface area contributed by atoms with Crippen molar-refractivity contribution < 1.29 is 17.6 Å². The Morgan fingerprint density at radius 3 is 2.57 bits per heavy atom. The second kappa shape index (κ2) is 8.33. The van der Waals surface area contributed by atoms with Crippen LogP contribution in [0.15, 0.2) is 58.1 Å². The molecular weight excluding hydrogens is 406 g/mol. The van der Waals surface area contributed by atoms with Gasteiger partial charge in [-0.1, -0.05) is 12.0 Å². The standard InChI is InChI=1S/C20H21N5O4S/c1-14-3-2-12-25(13-14)30(27,28)17-6-4-15(5-7-17)18(26)22-20-24-23-19(29-20)16-8-10-21-11-9-16/h4-11,14H,2-3,12-13H2,1H3,(H,22,24,26)/t14-/m0/s1. The van der Waals surface area contributed by atoms with Crippen LogP contribution in [0.2, 0.25) is 0 Å². The summed E-state index contributed by atoms with van der Waals surface area (Å²) in [7, 11) is -3.57.